The summed E-state index contributed by atoms with van der Waals surface area (Å²) in [6, 6.07) is 6.41. The highest BCUT2D eigenvalue weighted by atomic mass is 79.9. The lowest BCUT2D eigenvalue weighted by atomic mass is 9.95. The van der Waals surface area contributed by atoms with Crippen LogP contribution in [0, 0.1) is 0 Å². The zero-order chi connectivity index (χ0) is 15.1. The van der Waals surface area contributed by atoms with Crippen LogP contribution in [0.25, 0.3) is 10.8 Å². The molecule has 0 spiro atoms. The molecule has 0 saturated heterocycles. The molecule has 0 aromatic heterocycles. The van der Waals surface area contributed by atoms with Gasteiger partial charge in [-0.1, -0.05) is 46.3 Å². The summed E-state index contributed by atoms with van der Waals surface area (Å²) in [4.78, 5) is 0. The van der Waals surface area contributed by atoms with Crippen molar-refractivity contribution in [1.82, 2.24) is 0 Å². The third kappa shape index (κ3) is 2.40. The van der Waals surface area contributed by atoms with Crippen molar-refractivity contribution in [2.24, 2.45) is 5.73 Å². The van der Waals surface area contributed by atoms with E-state index in [0.29, 0.717) is 9.86 Å². The Morgan fingerprint density at radius 1 is 0.900 bits per heavy atom. The zero-order valence-corrected chi connectivity index (χ0v) is 11.5. The first kappa shape index (κ1) is 15.2. The SMILES string of the molecule is NC(c1ccc(Br)c2ccccc12)C(F)(F)C(F)(F)F. The summed E-state index contributed by atoms with van der Waals surface area (Å²) in [6.45, 7) is 0. The number of halogens is 6. The van der Waals surface area contributed by atoms with Gasteiger partial charge in [0.15, 0.2) is 0 Å². The van der Waals surface area contributed by atoms with Gasteiger partial charge >= 0.3 is 12.1 Å². The molecule has 2 aromatic rings. The molecule has 0 bridgehead atoms. The van der Waals surface area contributed by atoms with Crippen molar-refractivity contribution >= 4 is 26.7 Å². The van der Waals surface area contributed by atoms with E-state index in [0.717, 1.165) is 0 Å². The lowest BCUT2D eigenvalue weighted by Gasteiger charge is -2.27. The molecule has 7 heteroatoms. The molecule has 1 nitrogen and oxygen atoms in total. The molecule has 0 aliphatic heterocycles. The maximum absolute atomic E-state index is 13.4. The molecule has 20 heavy (non-hydrogen) atoms. The lowest BCUT2D eigenvalue weighted by molar-refractivity contribution is -0.290. The van der Waals surface area contributed by atoms with Crippen molar-refractivity contribution in [3.05, 3.63) is 46.4 Å². The largest absolute Gasteiger partial charge is 0.455 e. The monoisotopic (exact) mass is 353 g/mol. The number of fused-ring (bicyclic) bond motifs is 1. The molecule has 0 fully saturated rings. The van der Waals surface area contributed by atoms with Gasteiger partial charge in [-0.05, 0) is 22.4 Å². The zero-order valence-electron chi connectivity index (χ0n) is 9.89. The van der Waals surface area contributed by atoms with E-state index in [2.05, 4.69) is 15.9 Å². The van der Waals surface area contributed by atoms with Gasteiger partial charge in [-0.25, -0.2) is 0 Å². The highest BCUT2D eigenvalue weighted by molar-refractivity contribution is 9.10. The first-order chi connectivity index (χ1) is 9.16. The smallest absolute Gasteiger partial charge is 0.319 e. The molecule has 2 aromatic carbocycles. The van der Waals surface area contributed by atoms with E-state index in [1.165, 1.54) is 18.2 Å². The molecule has 2 N–H and O–H groups in total. The number of hydrogen-bond acceptors (Lipinski definition) is 1. The van der Waals surface area contributed by atoms with Gasteiger partial charge in [-0.3, -0.25) is 0 Å². The van der Waals surface area contributed by atoms with E-state index >= 15 is 0 Å². The van der Waals surface area contributed by atoms with Crippen molar-refractivity contribution < 1.29 is 22.0 Å². The number of alkyl halides is 5. The van der Waals surface area contributed by atoms with Gasteiger partial charge in [-0.15, -0.1) is 0 Å². The van der Waals surface area contributed by atoms with Crippen LogP contribution in [0.2, 0.25) is 0 Å². The Hall–Kier alpha value is -1.21. The molecule has 1 unspecified atom stereocenters. The fourth-order valence-electron chi connectivity index (χ4n) is 1.93. The predicted molar refractivity (Wildman–Crippen MR) is 69.6 cm³/mol. The molecular formula is C13H9BrF5N. The van der Waals surface area contributed by atoms with Crippen molar-refractivity contribution in [1.29, 1.82) is 0 Å². The summed E-state index contributed by atoms with van der Waals surface area (Å²) in [6.07, 6.45) is -5.69. The van der Waals surface area contributed by atoms with Crippen molar-refractivity contribution in [2.45, 2.75) is 18.1 Å². The van der Waals surface area contributed by atoms with Gasteiger partial charge in [0.25, 0.3) is 0 Å². The fourth-order valence-corrected chi connectivity index (χ4v) is 2.41. The van der Waals surface area contributed by atoms with E-state index in [1.807, 2.05) is 0 Å². The maximum Gasteiger partial charge on any atom is 0.455 e. The molecule has 0 heterocycles. The average Bonchev–Trinajstić information content (AvgIpc) is 2.37. The Labute approximate surface area is 119 Å². The minimum atomic E-state index is -5.69. The standard InChI is InChI=1S/C13H9BrF5N/c14-10-6-5-9(7-3-1-2-4-8(7)10)11(20)12(15,16)13(17,18)19/h1-6,11H,20H2. The van der Waals surface area contributed by atoms with Gasteiger partial charge in [0, 0.05) is 4.47 Å². The van der Waals surface area contributed by atoms with Gasteiger partial charge in [0.1, 0.15) is 6.04 Å². The van der Waals surface area contributed by atoms with Crippen LogP contribution < -0.4 is 5.73 Å². The second-order valence-electron chi connectivity index (χ2n) is 4.28. The van der Waals surface area contributed by atoms with E-state index < -0.39 is 18.1 Å². The molecule has 0 saturated carbocycles. The van der Waals surface area contributed by atoms with Crippen LogP contribution in [0.4, 0.5) is 22.0 Å². The predicted octanol–water partition coefficient (Wildman–Crippen LogP) is 4.80. The van der Waals surface area contributed by atoms with Crippen molar-refractivity contribution in [2.75, 3.05) is 0 Å². The van der Waals surface area contributed by atoms with Crippen LogP contribution in [0.1, 0.15) is 11.6 Å². The van der Waals surface area contributed by atoms with Crippen LogP contribution >= 0.6 is 15.9 Å². The van der Waals surface area contributed by atoms with Gasteiger partial charge in [-0.2, -0.15) is 22.0 Å². The highest BCUT2D eigenvalue weighted by Gasteiger charge is 2.61. The first-order valence-electron chi connectivity index (χ1n) is 5.53. The Morgan fingerprint density at radius 2 is 1.45 bits per heavy atom. The molecule has 0 aliphatic carbocycles. The van der Waals surface area contributed by atoms with E-state index in [1.54, 1.807) is 18.2 Å². The Bertz CT molecular complexity index is 638. The van der Waals surface area contributed by atoms with E-state index in [4.69, 9.17) is 5.73 Å². The molecule has 0 amide bonds. The van der Waals surface area contributed by atoms with Crippen LogP contribution in [0.15, 0.2) is 40.9 Å². The third-order valence-electron chi connectivity index (χ3n) is 3.01. The summed E-state index contributed by atoms with van der Waals surface area (Å²) in [5.74, 6) is -5.00. The Morgan fingerprint density at radius 3 is 2.00 bits per heavy atom. The fraction of sp³-hybridized carbons (Fsp3) is 0.231. The van der Waals surface area contributed by atoms with Crippen molar-refractivity contribution in [3.8, 4) is 0 Å². The summed E-state index contributed by atoms with van der Waals surface area (Å²) >= 11 is 3.22. The Kier molecular flexibility index (Phi) is 3.77. The number of rotatable bonds is 2. The molecular weight excluding hydrogens is 345 g/mol. The van der Waals surface area contributed by atoms with Gasteiger partial charge < -0.3 is 5.73 Å². The van der Waals surface area contributed by atoms with Crippen LogP contribution in [-0.4, -0.2) is 12.1 Å². The molecule has 0 radical (unpaired) electrons. The molecule has 2 rings (SSSR count). The van der Waals surface area contributed by atoms with Crippen LogP contribution in [0.5, 0.6) is 0 Å². The Balaban J connectivity index is 2.62. The summed E-state index contributed by atoms with van der Waals surface area (Å²) in [7, 11) is 0. The van der Waals surface area contributed by atoms with Crippen LogP contribution in [-0.2, 0) is 0 Å². The quantitative estimate of drug-likeness (QED) is 0.771. The van der Waals surface area contributed by atoms with E-state index in [9.17, 15) is 22.0 Å². The minimum Gasteiger partial charge on any atom is -0.319 e. The summed E-state index contributed by atoms with van der Waals surface area (Å²) < 4.78 is 64.6. The first-order valence-corrected chi connectivity index (χ1v) is 6.33. The number of benzene rings is 2. The van der Waals surface area contributed by atoms with Gasteiger partial charge in [0.05, 0.1) is 0 Å². The van der Waals surface area contributed by atoms with Crippen LogP contribution in [0.3, 0.4) is 0 Å². The second-order valence-corrected chi connectivity index (χ2v) is 5.13. The number of hydrogen-bond donors (Lipinski definition) is 1. The highest BCUT2D eigenvalue weighted by Crippen LogP contribution is 2.45. The minimum absolute atomic E-state index is 0.244. The lowest BCUT2D eigenvalue weighted by Crippen LogP contribution is -2.45. The summed E-state index contributed by atoms with van der Waals surface area (Å²) in [5, 5.41) is 0.789. The van der Waals surface area contributed by atoms with Gasteiger partial charge in [0.2, 0.25) is 0 Å². The summed E-state index contributed by atoms with van der Waals surface area (Å²) in [5.41, 5.74) is 4.95. The molecule has 0 aliphatic rings. The second kappa shape index (κ2) is 4.96. The molecule has 1 atom stereocenters. The average molecular weight is 354 g/mol. The third-order valence-corrected chi connectivity index (χ3v) is 3.70. The normalized spacial score (nSPS) is 14.6. The van der Waals surface area contributed by atoms with Crippen molar-refractivity contribution in [3.63, 3.8) is 0 Å². The number of nitrogens with two attached hydrogens (primary N) is 1. The maximum atomic E-state index is 13.4. The molecule has 108 valence electrons. The topological polar surface area (TPSA) is 26.0 Å². The van der Waals surface area contributed by atoms with E-state index in [-0.39, 0.29) is 10.9 Å².